The number of aromatic amines is 1. The zero-order valence-corrected chi connectivity index (χ0v) is 12.7. The Morgan fingerprint density at radius 2 is 2.25 bits per heavy atom. The molecule has 0 aliphatic carbocycles. The van der Waals surface area contributed by atoms with Crippen LogP contribution in [0, 0.1) is 13.8 Å². The summed E-state index contributed by atoms with van der Waals surface area (Å²) in [7, 11) is 1.70. The summed E-state index contributed by atoms with van der Waals surface area (Å²) in [5.74, 6) is 0.0302. The number of nitrogens with zero attached hydrogens (tertiary/aromatic N) is 2. The zero-order chi connectivity index (χ0) is 14.7. The van der Waals surface area contributed by atoms with Gasteiger partial charge in [-0.3, -0.25) is 14.8 Å². The maximum atomic E-state index is 12.2. The smallest absolute Gasteiger partial charge is 0.224 e. The van der Waals surface area contributed by atoms with E-state index in [-0.39, 0.29) is 18.1 Å². The number of carbonyl (C=O) groups is 1. The van der Waals surface area contributed by atoms with Crippen molar-refractivity contribution in [3.8, 4) is 0 Å². The Morgan fingerprint density at radius 1 is 1.50 bits per heavy atom. The predicted molar refractivity (Wildman–Crippen MR) is 76.6 cm³/mol. The van der Waals surface area contributed by atoms with Gasteiger partial charge >= 0.3 is 0 Å². The lowest BCUT2D eigenvalue weighted by atomic mass is 10.1. The van der Waals surface area contributed by atoms with Crippen LogP contribution in [0.15, 0.2) is 0 Å². The topological polar surface area (TPSA) is 70.2 Å². The molecule has 1 aromatic rings. The molecule has 0 radical (unpaired) electrons. The van der Waals surface area contributed by atoms with Crippen LogP contribution in [0.2, 0.25) is 0 Å². The van der Waals surface area contributed by atoms with Crippen LogP contribution in [0.25, 0.3) is 0 Å². The van der Waals surface area contributed by atoms with Crippen LogP contribution < -0.4 is 5.32 Å². The Balaban J connectivity index is 1.94. The van der Waals surface area contributed by atoms with Gasteiger partial charge in [0.1, 0.15) is 0 Å². The van der Waals surface area contributed by atoms with Crippen LogP contribution in [0.4, 0.5) is 0 Å². The van der Waals surface area contributed by atoms with Crippen molar-refractivity contribution in [1.82, 2.24) is 20.4 Å². The van der Waals surface area contributed by atoms with Crippen LogP contribution >= 0.6 is 0 Å². The normalized spacial score (nSPS) is 23.2. The molecule has 0 bridgehead atoms. The summed E-state index contributed by atoms with van der Waals surface area (Å²) < 4.78 is 5.46. The molecule has 6 nitrogen and oxygen atoms in total. The lowest BCUT2D eigenvalue weighted by molar-refractivity contribution is -0.121. The third kappa shape index (κ3) is 3.19. The molecule has 2 atom stereocenters. The van der Waals surface area contributed by atoms with Gasteiger partial charge in [-0.15, -0.1) is 0 Å². The van der Waals surface area contributed by atoms with Crippen molar-refractivity contribution in [2.45, 2.75) is 39.3 Å². The van der Waals surface area contributed by atoms with Crippen LogP contribution in [-0.4, -0.2) is 59.9 Å². The van der Waals surface area contributed by atoms with E-state index in [0.717, 1.165) is 36.6 Å². The predicted octanol–water partition coefficient (Wildman–Crippen LogP) is 0.404. The number of likely N-dealkylation sites (N-methyl/N-ethyl adjacent to an activating group) is 1. The lowest BCUT2D eigenvalue weighted by Crippen LogP contribution is -2.44. The molecule has 1 saturated heterocycles. The molecule has 1 fully saturated rings. The van der Waals surface area contributed by atoms with Gasteiger partial charge in [0.05, 0.1) is 24.3 Å². The summed E-state index contributed by atoms with van der Waals surface area (Å²) >= 11 is 0. The molecule has 0 spiro atoms. The minimum atomic E-state index is 0.0302. The summed E-state index contributed by atoms with van der Waals surface area (Å²) in [5, 5.41) is 10.1. The van der Waals surface area contributed by atoms with E-state index < -0.39 is 0 Å². The molecule has 0 aromatic carbocycles. The Labute approximate surface area is 119 Å². The van der Waals surface area contributed by atoms with Gasteiger partial charge in [-0.05, 0) is 20.4 Å². The second-order valence-electron chi connectivity index (χ2n) is 5.39. The number of hydrogen-bond acceptors (Lipinski definition) is 4. The summed E-state index contributed by atoms with van der Waals surface area (Å²) in [4.78, 5) is 14.5. The number of ether oxygens (including phenoxy) is 1. The number of aryl methyl sites for hydroxylation is 2. The van der Waals surface area contributed by atoms with Crippen LogP contribution in [-0.2, 0) is 16.0 Å². The van der Waals surface area contributed by atoms with Gasteiger partial charge < -0.3 is 10.1 Å². The van der Waals surface area contributed by atoms with Crippen LogP contribution in [0.5, 0.6) is 0 Å². The van der Waals surface area contributed by atoms with Gasteiger partial charge in [0, 0.05) is 31.5 Å². The average Bonchev–Trinajstić information content (AvgIpc) is 2.96. The van der Waals surface area contributed by atoms with E-state index in [1.165, 1.54) is 0 Å². The monoisotopic (exact) mass is 280 g/mol. The van der Waals surface area contributed by atoms with Crippen LogP contribution in [0.3, 0.4) is 0 Å². The lowest BCUT2D eigenvalue weighted by Gasteiger charge is -2.18. The summed E-state index contributed by atoms with van der Waals surface area (Å²) in [6.07, 6.45) is 0.443. The van der Waals surface area contributed by atoms with Crippen LogP contribution in [0.1, 0.15) is 23.9 Å². The first-order valence-electron chi connectivity index (χ1n) is 7.10. The molecule has 1 amide bonds. The first-order valence-corrected chi connectivity index (χ1v) is 7.10. The van der Waals surface area contributed by atoms with Gasteiger partial charge in [-0.1, -0.05) is 6.92 Å². The van der Waals surface area contributed by atoms with E-state index in [0.29, 0.717) is 6.42 Å². The maximum absolute atomic E-state index is 12.2. The molecule has 1 aliphatic rings. The standard InChI is InChI=1S/C14H24N4O2/c1-5-18-7-12(13(8-18)20-4)15-14(19)6-11-9(2)16-17-10(11)3/h12-13H,5-8H2,1-4H3,(H,15,19)(H,16,17)/t12-,13-/m0/s1. The van der Waals surface area contributed by atoms with Gasteiger partial charge in [-0.2, -0.15) is 5.10 Å². The molecule has 6 heteroatoms. The molecule has 1 aromatic heterocycles. The van der Waals surface area contributed by atoms with Crippen molar-refractivity contribution >= 4 is 5.91 Å². The fourth-order valence-corrected chi connectivity index (χ4v) is 2.74. The largest absolute Gasteiger partial charge is 0.378 e. The fourth-order valence-electron chi connectivity index (χ4n) is 2.74. The van der Waals surface area contributed by atoms with Crippen molar-refractivity contribution in [1.29, 1.82) is 0 Å². The maximum Gasteiger partial charge on any atom is 0.224 e. The molecule has 20 heavy (non-hydrogen) atoms. The molecule has 2 rings (SSSR count). The van der Waals surface area contributed by atoms with E-state index in [4.69, 9.17) is 4.74 Å². The van der Waals surface area contributed by atoms with Crippen molar-refractivity contribution in [3.05, 3.63) is 17.0 Å². The highest BCUT2D eigenvalue weighted by Gasteiger charge is 2.33. The Morgan fingerprint density at radius 3 is 2.80 bits per heavy atom. The first-order chi connectivity index (χ1) is 9.55. The highest BCUT2D eigenvalue weighted by atomic mass is 16.5. The van der Waals surface area contributed by atoms with Crippen molar-refractivity contribution in [2.75, 3.05) is 26.7 Å². The number of amides is 1. The Bertz CT molecular complexity index is 452. The van der Waals surface area contributed by atoms with E-state index in [1.54, 1.807) is 7.11 Å². The molecular weight excluding hydrogens is 256 g/mol. The van der Waals surface area contributed by atoms with E-state index in [2.05, 4.69) is 27.3 Å². The second kappa shape index (κ2) is 6.37. The summed E-state index contributed by atoms with van der Waals surface area (Å²) in [5.41, 5.74) is 2.84. The second-order valence-corrected chi connectivity index (χ2v) is 5.39. The quantitative estimate of drug-likeness (QED) is 0.819. The third-order valence-corrected chi connectivity index (χ3v) is 4.06. The minimum Gasteiger partial charge on any atom is -0.378 e. The number of methoxy groups -OCH3 is 1. The average molecular weight is 280 g/mol. The molecule has 1 aliphatic heterocycles. The zero-order valence-electron chi connectivity index (χ0n) is 12.7. The number of likely N-dealkylation sites (tertiary alicyclic amines) is 1. The Hall–Kier alpha value is -1.40. The third-order valence-electron chi connectivity index (χ3n) is 4.06. The van der Waals surface area contributed by atoms with E-state index >= 15 is 0 Å². The Kier molecular flexibility index (Phi) is 4.77. The van der Waals surface area contributed by atoms with Gasteiger partial charge in [0.2, 0.25) is 5.91 Å². The van der Waals surface area contributed by atoms with Crippen molar-refractivity contribution < 1.29 is 9.53 Å². The van der Waals surface area contributed by atoms with Crippen molar-refractivity contribution in [3.63, 3.8) is 0 Å². The van der Waals surface area contributed by atoms with E-state index in [1.807, 2.05) is 13.8 Å². The summed E-state index contributed by atoms with van der Waals surface area (Å²) in [6.45, 7) is 8.68. The highest BCUT2D eigenvalue weighted by molar-refractivity contribution is 5.79. The molecular formula is C14H24N4O2. The first kappa shape index (κ1) is 15.0. The van der Waals surface area contributed by atoms with Crippen molar-refractivity contribution in [2.24, 2.45) is 0 Å². The highest BCUT2D eigenvalue weighted by Crippen LogP contribution is 2.14. The number of hydrogen-bond donors (Lipinski definition) is 2. The molecule has 0 saturated carbocycles. The number of rotatable bonds is 5. The van der Waals surface area contributed by atoms with Gasteiger partial charge in [0.25, 0.3) is 0 Å². The molecule has 2 N–H and O–H groups in total. The minimum absolute atomic E-state index is 0.0302. The van der Waals surface area contributed by atoms with Gasteiger partial charge in [0.15, 0.2) is 0 Å². The number of carbonyl (C=O) groups excluding carboxylic acids is 1. The van der Waals surface area contributed by atoms with E-state index in [9.17, 15) is 4.79 Å². The SMILES string of the molecule is CCN1C[C@H](NC(=O)Cc2c(C)n[nH]c2C)[C@@H](OC)C1. The number of nitrogens with one attached hydrogen (secondary N) is 2. The summed E-state index contributed by atoms with van der Waals surface area (Å²) in [6, 6.07) is 0.0694. The molecule has 0 unspecified atom stereocenters. The fraction of sp³-hybridized carbons (Fsp3) is 0.714. The number of aromatic nitrogens is 2. The molecule has 112 valence electrons. The number of H-pyrrole nitrogens is 1. The van der Waals surface area contributed by atoms with Gasteiger partial charge in [-0.25, -0.2) is 0 Å². The molecule has 2 heterocycles.